The highest BCUT2D eigenvalue weighted by Crippen LogP contribution is 2.45. The van der Waals surface area contributed by atoms with Crippen molar-refractivity contribution < 1.29 is 0 Å². The summed E-state index contributed by atoms with van der Waals surface area (Å²) in [4.78, 5) is 2.74. The predicted molar refractivity (Wildman–Crippen MR) is 76.8 cm³/mol. The molecule has 0 aromatic rings. The first-order valence-electron chi connectivity index (χ1n) is 8.32. The van der Waals surface area contributed by atoms with Gasteiger partial charge in [0.1, 0.15) is 0 Å². The molecule has 104 valence electrons. The van der Waals surface area contributed by atoms with E-state index in [-0.39, 0.29) is 0 Å². The van der Waals surface area contributed by atoms with E-state index < -0.39 is 0 Å². The van der Waals surface area contributed by atoms with Crippen LogP contribution in [0, 0.1) is 5.41 Å². The molecular weight excluding hydrogens is 220 g/mol. The third-order valence-electron chi connectivity index (χ3n) is 5.62. The van der Waals surface area contributed by atoms with Crippen molar-refractivity contribution in [3.8, 4) is 0 Å². The van der Waals surface area contributed by atoms with Gasteiger partial charge in [-0.15, -0.1) is 0 Å². The lowest BCUT2D eigenvalue weighted by Crippen LogP contribution is -2.31. The van der Waals surface area contributed by atoms with Gasteiger partial charge in [0, 0.05) is 12.6 Å². The van der Waals surface area contributed by atoms with E-state index in [1.54, 1.807) is 0 Å². The molecule has 2 heteroatoms. The molecule has 1 aliphatic heterocycles. The SMILES string of the molecule is C1CCC(NCCCN2CCC3(CCCC3)C2)C1. The summed E-state index contributed by atoms with van der Waals surface area (Å²) >= 11 is 0. The van der Waals surface area contributed by atoms with Crippen molar-refractivity contribution in [2.45, 2.75) is 70.3 Å². The number of hydrogen-bond donors (Lipinski definition) is 1. The number of nitrogens with one attached hydrogen (secondary N) is 1. The van der Waals surface area contributed by atoms with Crippen LogP contribution in [-0.2, 0) is 0 Å². The minimum Gasteiger partial charge on any atom is -0.314 e. The molecule has 0 bridgehead atoms. The first-order valence-corrected chi connectivity index (χ1v) is 8.32. The third kappa shape index (κ3) is 3.08. The quantitative estimate of drug-likeness (QED) is 0.754. The predicted octanol–water partition coefficient (Wildman–Crippen LogP) is 3.17. The number of nitrogens with zero attached hydrogens (tertiary/aromatic N) is 1. The van der Waals surface area contributed by atoms with Crippen molar-refractivity contribution in [3.63, 3.8) is 0 Å². The van der Waals surface area contributed by atoms with Gasteiger partial charge in [-0.3, -0.25) is 0 Å². The van der Waals surface area contributed by atoms with Gasteiger partial charge in [-0.1, -0.05) is 25.7 Å². The summed E-state index contributed by atoms with van der Waals surface area (Å²) in [5, 5.41) is 3.74. The molecule has 2 nitrogen and oxygen atoms in total. The second kappa shape index (κ2) is 5.92. The molecule has 2 saturated carbocycles. The summed E-state index contributed by atoms with van der Waals surface area (Å²) in [5.74, 6) is 0. The van der Waals surface area contributed by atoms with Gasteiger partial charge >= 0.3 is 0 Å². The van der Waals surface area contributed by atoms with Crippen molar-refractivity contribution in [1.82, 2.24) is 10.2 Å². The Morgan fingerprint density at radius 2 is 1.78 bits per heavy atom. The van der Waals surface area contributed by atoms with Crippen molar-refractivity contribution in [3.05, 3.63) is 0 Å². The molecule has 3 aliphatic rings. The zero-order valence-corrected chi connectivity index (χ0v) is 11.9. The molecule has 3 rings (SSSR count). The Labute approximate surface area is 113 Å². The summed E-state index contributed by atoms with van der Waals surface area (Å²) in [6, 6.07) is 0.852. The first kappa shape index (κ1) is 12.9. The largest absolute Gasteiger partial charge is 0.314 e. The van der Waals surface area contributed by atoms with E-state index >= 15 is 0 Å². The maximum Gasteiger partial charge on any atom is 0.00670 e. The van der Waals surface area contributed by atoms with Crippen molar-refractivity contribution in [1.29, 1.82) is 0 Å². The van der Waals surface area contributed by atoms with Crippen LogP contribution in [0.4, 0.5) is 0 Å². The lowest BCUT2D eigenvalue weighted by Gasteiger charge is -2.23. The average molecular weight is 250 g/mol. The summed E-state index contributed by atoms with van der Waals surface area (Å²) < 4.78 is 0. The number of hydrogen-bond acceptors (Lipinski definition) is 2. The van der Waals surface area contributed by atoms with Gasteiger partial charge in [0.2, 0.25) is 0 Å². The molecule has 0 radical (unpaired) electrons. The minimum absolute atomic E-state index is 0.763. The molecule has 0 aromatic carbocycles. The van der Waals surface area contributed by atoms with Crippen LogP contribution < -0.4 is 5.32 Å². The Hall–Kier alpha value is -0.0800. The molecule has 3 fully saturated rings. The highest BCUT2D eigenvalue weighted by molar-refractivity contribution is 4.93. The minimum atomic E-state index is 0.763. The summed E-state index contributed by atoms with van der Waals surface area (Å²) in [6.07, 6.45) is 14.6. The zero-order valence-electron chi connectivity index (χ0n) is 11.9. The van der Waals surface area contributed by atoms with Gasteiger partial charge in [-0.2, -0.15) is 0 Å². The Kier molecular flexibility index (Phi) is 4.25. The molecule has 0 aromatic heterocycles. The van der Waals surface area contributed by atoms with Gasteiger partial charge in [0.05, 0.1) is 0 Å². The highest BCUT2D eigenvalue weighted by atomic mass is 15.2. The molecule has 1 saturated heterocycles. The second-order valence-electron chi connectivity index (χ2n) is 7.02. The van der Waals surface area contributed by atoms with Crippen LogP contribution in [0.1, 0.15) is 64.2 Å². The van der Waals surface area contributed by atoms with Gasteiger partial charge in [-0.05, 0) is 63.6 Å². The molecular formula is C16H30N2. The third-order valence-corrected chi connectivity index (χ3v) is 5.62. The van der Waals surface area contributed by atoms with Crippen LogP contribution >= 0.6 is 0 Å². The Bertz CT molecular complexity index is 252. The molecule has 1 N–H and O–H groups in total. The van der Waals surface area contributed by atoms with Crippen LogP contribution in [-0.4, -0.2) is 37.1 Å². The van der Waals surface area contributed by atoms with Crippen LogP contribution in [0.15, 0.2) is 0 Å². The molecule has 1 spiro atoms. The number of rotatable bonds is 5. The lowest BCUT2D eigenvalue weighted by atomic mass is 9.86. The Morgan fingerprint density at radius 1 is 1.00 bits per heavy atom. The monoisotopic (exact) mass is 250 g/mol. The Balaban J connectivity index is 1.29. The van der Waals surface area contributed by atoms with Crippen LogP contribution in [0.3, 0.4) is 0 Å². The first-order chi connectivity index (χ1) is 8.86. The zero-order chi connectivity index (χ0) is 12.3. The van der Waals surface area contributed by atoms with E-state index in [0.717, 1.165) is 11.5 Å². The maximum absolute atomic E-state index is 3.74. The van der Waals surface area contributed by atoms with E-state index in [9.17, 15) is 0 Å². The molecule has 2 aliphatic carbocycles. The summed E-state index contributed by atoms with van der Waals surface area (Å²) in [7, 11) is 0. The molecule has 0 unspecified atom stereocenters. The van der Waals surface area contributed by atoms with E-state index in [4.69, 9.17) is 0 Å². The fraction of sp³-hybridized carbons (Fsp3) is 1.00. The highest BCUT2D eigenvalue weighted by Gasteiger charge is 2.39. The fourth-order valence-corrected chi connectivity index (χ4v) is 4.49. The summed E-state index contributed by atoms with van der Waals surface area (Å²) in [6.45, 7) is 5.37. The Morgan fingerprint density at radius 3 is 2.56 bits per heavy atom. The lowest BCUT2D eigenvalue weighted by molar-refractivity contribution is 0.257. The van der Waals surface area contributed by atoms with Gasteiger partial charge < -0.3 is 10.2 Å². The number of likely N-dealkylation sites (tertiary alicyclic amines) is 1. The van der Waals surface area contributed by atoms with Crippen molar-refractivity contribution in [2.24, 2.45) is 5.41 Å². The van der Waals surface area contributed by atoms with E-state index in [0.29, 0.717) is 0 Å². The van der Waals surface area contributed by atoms with Gasteiger partial charge in [0.25, 0.3) is 0 Å². The van der Waals surface area contributed by atoms with Crippen LogP contribution in [0.25, 0.3) is 0 Å². The summed E-state index contributed by atoms with van der Waals surface area (Å²) in [5.41, 5.74) is 0.763. The van der Waals surface area contributed by atoms with Gasteiger partial charge in [-0.25, -0.2) is 0 Å². The van der Waals surface area contributed by atoms with E-state index in [2.05, 4.69) is 10.2 Å². The van der Waals surface area contributed by atoms with E-state index in [1.165, 1.54) is 90.4 Å². The molecule has 18 heavy (non-hydrogen) atoms. The molecule has 0 amide bonds. The van der Waals surface area contributed by atoms with Crippen LogP contribution in [0.5, 0.6) is 0 Å². The standard InChI is InChI=1S/C16H30N2/c1-2-7-15(6-1)17-11-5-12-18-13-10-16(14-18)8-3-4-9-16/h15,17H,1-14H2. The fourth-order valence-electron chi connectivity index (χ4n) is 4.49. The van der Waals surface area contributed by atoms with Crippen molar-refractivity contribution in [2.75, 3.05) is 26.2 Å². The van der Waals surface area contributed by atoms with Crippen molar-refractivity contribution >= 4 is 0 Å². The molecule has 0 atom stereocenters. The average Bonchev–Trinajstić information content (AvgIpc) is 3.10. The van der Waals surface area contributed by atoms with Gasteiger partial charge in [0.15, 0.2) is 0 Å². The smallest absolute Gasteiger partial charge is 0.00670 e. The topological polar surface area (TPSA) is 15.3 Å². The van der Waals surface area contributed by atoms with E-state index in [1.807, 2.05) is 0 Å². The maximum atomic E-state index is 3.74. The second-order valence-corrected chi connectivity index (χ2v) is 7.02. The normalized spacial score (nSPS) is 28.7. The van der Waals surface area contributed by atoms with Crippen LogP contribution in [0.2, 0.25) is 0 Å². The molecule has 1 heterocycles.